The number of carbonyl (C=O) groups is 2. The van der Waals surface area contributed by atoms with E-state index in [0.29, 0.717) is 25.7 Å². The molecule has 0 spiro atoms. The first kappa shape index (κ1) is 20.9. The van der Waals surface area contributed by atoms with Gasteiger partial charge in [-0.2, -0.15) is 0 Å². The lowest BCUT2D eigenvalue weighted by atomic mass is 9.94. The minimum absolute atomic E-state index is 0.202. The Hall–Kier alpha value is -3.82. The topological polar surface area (TPSA) is 174 Å². The minimum atomic E-state index is -0.895. The Morgan fingerprint density at radius 2 is 0.933 bits per heavy atom. The van der Waals surface area contributed by atoms with Crippen molar-refractivity contribution in [3.05, 3.63) is 35.4 Å². The zero-order chi connectivity index (χ0) is 22.0. The first-order chi connectivity index (χ1) is 14.2. The van der Waals surface area contributed by atoms with E-state index < -0.39 is 58.6 Å². The summed E-state index contributed by atoms with van der Waals surface area (Å²) in [7, 11) is 0. The number of hydrogen-bond donors (Lipinski definition) is 6. The number of phenols is 6. The summed E-state index contributed by atoms with van der Waals surface area (Å²) in [5.74, 6) is -6.10. The van der Waals surface area contributed by atoms with Gasteiger partial charge in [0, 0.05) is 0 Å². The van der Waals surface area contributed by atoms with Crippen LogP contribution in [0.15, 0.2) is 24.3 Å². The summed E-state index contributed by atoms with van der Waals surface area (Å²) in [4.78, 5) is 24.8. The van der Waals surface area contributed by atoms with E-state index in [0.717, 1.165) is 24.3 Å². The van der Waals surface area contributed by atoms with Crippen molar-refractivity contribution in [2.75, 3.05) is 0 Å². The molecule has 160 valence electrons. The van der Waals surface area contributed by atoms with E-state index in [9.17, 15) is 40.2 Å². The normalized spacial score (nSPS) is 18.5. The predicted molar refractivity (Wildman–Crippen MR) is 99.7 cm³/mol. The average Bonchev–Trinajstić information content (AvgIpc) is 2.70. The molecule has 1 aliphatic rings. The minimum Gasteiger partial charge on any atom is -0.504 e. The van der Waals surface area contributed by atoms with Crippen molar-refractivity contribution in [1.82, 2.24) is 0 Å². The van der Waals surface area contributed by atoms with Crippen LogP contribution in [-0.2, 0) is 9.47 Å². The maximum atomic E-state index is 12.4. The van der Waals surface area contributed by atoms with Crippen LogP contribution in [0, 0.1) is 0 Å². The standard InChI is InChI=1S/C20H20O10/c21-11-5-9(6-12(22)17(11)25)19(27)29-15-3-1-2-4-16(15)30-20(28)10-7-13(23)18(26)14(24)8-10/h5-8,15-16,21-26H,1-4H2/t15-,16+. The molecule has 6 N–H and O–H groups in total. The summed E-state index contributed by atoms with van der Waals surface area (Å²) in [6.45, 7) is 0. The molecule has 0 aliphatic heterocycles. The van der Waals surface area contributed by atoms with Gasteiger partial charge in [0.1, 0.15) is 12.2 Å². The smallest absolute Gasteiger partial charge is 0.338 e. The second-order valence-electron chi connectivity index (χ2n) is 6.90. The number of benzene rings is 2. The van der Waals surface area contributed by atoms with Gasteiger partial charge in [-0.15, -0.1) is 0 Å². The SMILES string of the molecule is O=C(O[C@H]1CCCC[C@H]1OC(=O)c1cc(O)c(O)c(O)c1)c1cc(O)c(O)c(O)c1. The molecule has 1 fully saturated rings. The van der Waals surface area contributed by atoms with Crippen LogP contribution in [0.3, 0.4) is 0 Å². The summed E-state index contributed by atoms with van der Waals surface area (Å²) in [6, 6.07) is 3.74. The molecule has 10 heteroatoms. The summed E-state index contributed by atoms with van der Waals surface area (Å²) in [5, 5.41) is 57.0. The first-order valence-electron chi connectivity index (χ1n) is 9.09. The fourth-order valence-electron chi connectivity index (χ4n) is 3.19. The molecule has 0 aromatic heterocycles. The summed E-state index contributed by atoms with van der Waals surface area (Å²) in [5.41, 5.74) is -0.404. The van der Waals surface area contributed by atoms with Crippen LogP contribution < -0.4 is 0 Å². The molecule has 0 saturated heterocycles. The fraction of sp³-hybridized carbons (Fsp3) is 0.300. The van der Waals surface area contributed by atoms with E-state index >= 15 is 0 Å². The highest BCUT2D eigenvalue weighted by Gasteiger charge is 2.33. The fourth-order valence-corrected chi connectivity index (χ4v) is 3.19. The second-order valence-corrected chi connectivity index (χ2v) is 6.90. The average molecular weight is 420 g/mol. The molecule has 2 aromatic rings. The zero-order valence-electron chi connectivity index (χ0n) is 15.6. The van der Waals surface area contributed by atoms with Crippen molar-refractivity contribution in [1.29, 1.82) is 0 Å². The van der Waals surface area contributed by atoms with E-state index in [1.165, 1.54) is 0 Å². The number of hydrogen-bond acceptors (Lipinski definition) is 10. The molecular formula is C20H20O10. The Morgan fingerprint density at radius 3 is 1.23 bits per heavy atom. The van der Waals surface area contributed by atoms with Gasteiger partial charge in [-0.1, -0.05) is 0 Å². The third-order valence-corrected chi connectivity index (χ3v) is 4.77. The van der Waals surface area contributed by atoms with Crippen LogP contribution in [-0.4, -0.2) is 54.8 Å². The van der Waals surface area contributed by atoms with Crippen molar-refractivity contribution < 1.29 is 49.7 Å². The highest BCUT2D eigenvalue weighted by molar-refractivity contribution is 5.92. The molecule has 3 rings (SSSR count). The summed E-state index contributed by atoms with van der Waals surface area (Å²) < 4.78 is 10.8. The third-order valence-electron chi connectivity index (χ3n) is 4.77. The maximum Gasteiger partial charge on any atom is 0.338 e. The molecule has 10 nitrogen and oxygen atoms in total. The van der Waals surface area contributed by atoms with Crippen LogP contribution in [0.4, 0.5) is 0 Å². The van der Waals surface area contributed by atoms with Crippen LogP contribution in [0.2, 0.25) is 0 Å². The van der Waals surface area contributed by atoms with Gasteiger partial charge in [0.2, 0.25) is 0 Å². The maximum absolute atomic E-state index is 12.4. The third kappa shape index (κ3) is 4.27. The molecule has 2 aromatic carbocycles. The van der Waals surface area contributed by atoms with E-state index in [1.54, 1.807) is 0 Å². The molecule has 0 bridgehead atoms. The Bertz CT molecular complexity index is 858. The highest BCUT2D eigenvalue weighted by atomic mass is 16.6. The molecule has 0 heterocycles. The van der Waals surface area contributed by atoms with Gasteiger partial charge in [-0.3, -0.25) is 0 Å². The summed E-state index contributed by atoms with van der Waals surface area (Å²) >= 11 is 0. The highest BCUT2D eigenvalue weighted by Crippen LogP contribution is 2.37. The molecule has 0 radical (unpaired) electrons. The molecule has 0 unspecified atom stereocenters. The summed E-state index contributed by atoms with van der Waals surface area (Å²) in [6.07, 6.45) is 0.579. The lowest BCUT2D eigenvalue weighted by Crippen LogP contribution is -2.37. The number of esters is 2. The van der Waals surface area contributed by atoms with Crippen LogP contribution in [0.1, 0.15) is 46.4 Å². The van der Waals surface area contributed by atoms with Crippen LogP contribution >= 0.6 is 0 Å². The Kier molecular flexibility index (Phi) is 5.77. The van der Waals surface area contributed by atoms with Gasteiger partial charge in [-0.05, 0) is 49.9 Å². The molecular weight excluding hydrogens is 400 g/mol. The largest absolute Gasteiger partial charge is 0.504 e. The first-order valence-corrected chi connectivity index (χ1v) is 9.09. The quantitative estimate of drug-likeness (QED) is 0.318. The number of phenolic OH excluding ortho intramolecular Hbond substituents is 6. The van der Waals surface area contributed by atoms with Gasteiger partial charge in [-0.25, -0.2) is 9.59 Å². The monoisotopic (exact) mass is 420 g/mol. The van der Waals surface area contributed by atoms with Crippen molar-refractivity contribution in [3.63, 3.8) is 0 Å². The number of ether oxygens (including phenoxy) is 2. The number of rotatable bonds is 4. The Morgan fingerprint density at radius 1 is 0.633 bits per heavy atom. The van der Waals surface area contributed by atoms with Gasteiger partial charge in [0.15, 0.2) is 34.5 Å². The second kappa shape index (κ2) is 8.27. The van der Waals surface area contributed by atoms with Crippen molar-refractivity contribution >= 4 is 11.9 Å². The lowest BCUT2D eigenvalue weighted by Gasteiger charge is -2.30. The molecule has 0 amide bonds. The van der Waals surface area contributed by atoms with E-state index in [-0.39, 0.29) is 11.1 Å². The van der Waals surface area contributed by atoms with E-state index in [4.69, 9.17) is 9.47 Å². The number of aromatic hydroxyl groups is 6. The van der Waals surface area contributed by atoms with Crippen LogP contribution in [0.5, 0.6) is 34.5 Å². The van der Waals surface area contributed by atoms with Gasteiger partial charge in [0.25, 0.3) is 0 Å². The Balaban J connectivity index is 1.73. The molecule has 1 saturated carbocycles. The molecule has 2 atom stereocenters. The van der Waals surface area contributed by atoms with Crippen molar-refractivity contribution in [3.8, 4) is 34.5 Å². The lowest BCUT2D eigenvalue weighted by molar-refractivity contribution is -0.0514. The van der Waals surface area contributed by atoms with Crippen molar-refractivity contribution in [2.24, 2.45) is 0 Å². The van der Waals surface area contributed by atoms with Gasteiger partial charge < -0.3 is 40.1 Å². The van der Waals surface area contributed by atoms with Crippen molar-refractivity contribution in [2.45, 2.75) is 37.9 Å². The van der Waals surface area contributed by atoms with Crippen LogP contribution in [0.25, 0.3) is 0 Å². The zero-order valence-corrected chi connectivity index (χ0v) is 15.6. The molecule has 30 heavy (non-hydrogen) atoms. The molecule has 1 aliphatic carbocycles. The Labute approximate surface area is 170 Å². The predicted octanol–water partition coefficient (Wildman–Crippen LogP) is 2.25. The van der Waals surface area contributed by atoms with E-state index in [1.807, 2.05) is 0 Å². The van der Waals surface area contributed by atoms with Gasteiger partial charge >= 0.3 is 11.9 Å². The van der Waals surface area contributed by atoms with E-state index in [2.05, 4.69) is 0 Å². The number of carbonyl (C=O) groups excluding carboxylic acids is 2. The van der Waals surface area contributed by atoms with Gasteiger partial charge in [0.05, 0.1) is 11.1 Å².